The Balaban J connectivity index is 1.60. The first-order valence-corrected chi connectivity index (χ1v) is 14.5. The predicted molar refractivity (Wildman–Crippen MR) is 147 cm³/mol. The van der Waals surface area contributed by atoms with Gasteiger partial charge in [-0.3, -0.25) is 0 Å². The van der Waals surface area contributed by atoms with Crippen LogP contribution in [-0.2, 0) is 26.9 Å². The van der Waals surface area contributed by atoms with Crippen molar-refractivity contribution in [2.24, 2.45) is 0 Å². The lowest BCUT2D eigenvalue weighted by atomic mass is 10.2. The molecule has 0 radical (unpaired) electrons. The van der Waals surface area contributed by atoms with Gasteiger partial charge in [-0.1, -0.05) is 23.7 Å². The molecule has 198 valence electrons. The molecule has 2 aromatic carbocycles. The third kappa shape index (κ3) is 7.07. The van der Waals surface area contributed by atoms with Crippen molar-refractivity contribution >= 4 is 44.5 Å². The minimum Gasteiger partial charge on any atom is -0.376 e. The van der Waals surface area contributed by atoms with E-state index in [1.807, 2.05) is 18.7 Å². The largest absolute Gasteiger partial charge is 0.376 e. The fourth-order valence-electron chi connectivity index (χ4n) is 4.37. The number of benzene rings is 2. The molecule has 0 spiro atoms. The molecule has 1 aliphatic rings. The first kappa shape index (κ1) is 27.5. The normalized spacial score (nSPS) is 15.8. The highest BCUT2D eigenvalue weighted by molar-refractivity contribution is 7.90. The number of nitrogens with one attached hydrogen (secondary N) is 1. The van der Waals surface area contributed by atoms with Crippen LogP contribution >= 0.6 is 23.8 Å². The SMILES string of the molecule is CC(C)n1c(CN(C[C@@H]2CCCO2)C(=S)Nc2ccc(F)cc2)cnc1S(=O)(=O)Cc1cccc(Cl)c1. The lowest BCUT2D eigenvalue weighted by Crippen LogP contribution is -2.40. The molecule has 1 aliphatic heterocycles. The molecule has 37 heavy (non-hydrogen) atoms. The van der Waals surface area contributed by atoms with Crippen LogP contribution in [0.25, 0.3) is 0 Å². The van der Waals surface area contributed by atoms with Crippen LogP contribution in [0, 0.1) is 5.82 Å². The maximum atomic E-state index is 13.4. The summed E-state index contributed by atoms with van der Waals surface area (Å²) in [6, 6.07) is 12.6. The Hall–Kier alpha value is -2.53. The van der Waals surface area contributed by atoms with E-state index >= 15 is 0 Å². The van der Waals surface area contributed by atoms with Crippen molar-refractivity contribution in [3.8, 4) is 0 Å². The Kier molecular flexibility index (Phi) is 8.84. The maximum absolute atomic E-state index is 13.4. The molecule has 4 rings (SSSR count). The highest BCUT2D eigenvalue weighted by atomic mass is 35.5. The van der Waals surface area contributed by atoms with Crippen LogP contribution in [0.3, 0.4) is 0 Å². The lowest BCUT2D eigenvalue weighted by Gasteiger charge is -2.29. The monoisotopic (exact) mass is 564 g/mol. The molecule has 1 saturated heterocycles. The van der Waals surface area contributed by atoms with Crippen LogP contribution in [0.5, 0.6) is 0 Å². The molecule has 3 aromatic rings. The van der Waals surface area contributed by atoms with Crippen LogP contribution in [0.15, 0.2) is 59.9 Å². The minimum absolute atomic E-state index is 0.00644. The number of nitrogens with zero attached hydrogens (tertiary/aromatic N) is 3. The van der Waals surface area contributed by atoms with Gasteiger partial charge in [0.2, 0.25) is 15.0 Å². The molecule has 0 saturated carbocycles. The molecule has 11 heteroatoms. The number of rotatable bonds is 9. The Morgan fingerprint density at radius 1 is 1.30 bits per heavy atom. The molecule has 1 aromatic heterocycles. The topological polar surface area (TPSA) is 76.5 Å². The third-order valence-corrected chi connectivity index (χ3v) is 8.23. The van der Waals surface area contributed by atoms with E-state index < -0.39 is 9.84 Å². The van der Waals surface area contributed by atoms with Gasteiger partial charge in [-0.15, -0.1) is 0 Å². The van der Waals surface area contributed by atoms with E-state index in [0.29, 0.717) is 46.8 Å². The van der Waals surface area contributed by atoms with Gasteiger partial charge in [0.25, 0.3) is 0 Å². The number of sulfone groups is 1. The highest BCUT2D eigenvalue weighted by Gasteiger charge is 2.28. The van der Waals surface area contributed by atoms with E-state index in [0.717, 1.165) is 12.8 Å². The summed E-state index contributed by atoms with van der Waals surface area (Å²) in [4.78, 5) is 6.29. The molecule has 7 nitrogen and oxygen atoms in total. The molecule has 1 N–H and O–H groups in total. The van der Waals surface area contributed by atoms with Crippen LogP contribution in [0.2, 0.25) is 5.02 Å². The molecule has 0 bridgehead atoms. The van der Waals surface area contributed by atoms with Gasteiger partial charge >= 0.3 is 0 Å². The Labute approximate surface area is 227 Å². The van der Waals surface area contributed by atoms with Crippen molar-refractivity contribution in [3.05, 3.63) is 76.8 Å². The van der Waals surface area contributed by atoms with Gasteiger partial charge in [-0.05, 0) is 80.9 Å². The van der Waals surface area contributed by atoms with E-state index in [9.17, 15) is 12.8 Å². The Bertz CT molecular complexity index is 1340. The lowest BCUT2D eigenvalue weighted by molar-refractivity contribution is 0.0900. The summed E-state index contributed by atoms with van der Waals surface area (Å²) in [6.45, 7) is 5.39. The second-order valence-electron chi connectivity index (χ2n) is 9.34. The van der Waals surface area contributed by atoms with Gasteiger partial charge in [0, 0.05) is 29.9 Å². The van der Waals surface area contributed by atoms with Crippen LogP contribution in [-0.4, -0.2) is 47.2 Å². The Morgan fingerprint density at radius 3 is 2.70 bits per heavy atom. The number of aromatic nitrogens is 2. The second kappa shape index (κ2) is 11.9. The van der Waals surface area contributed by atoms with E-state index in [-0.39, 0.29) is 28.9 Å². The predicted octanol–water partition coefficient (Wildman–Crippen LogP) is 5.61. The number of hydrogen-bond donors (Lipinski definition) is 1. The van der Waals surface area contributed by atoms with Crippen molar-refractivity contribution in [3.63, 3.8) is 0 Å². The standard InChI is InChI=1S/C26H30ClFN4O3S2/c1-18(2)32-23(14-29-26(32)37(33,34)17-19-5-3-6-20(27)13-19)15-31(16-24-7-4-12-35-24)25(36)30-22-10-8-21(28)9-11-22/h3,5-6,8-11,13-14,18,24H,4,7,12,15-17H2,1-2H3,(H,30,36)/t24-/m0/s1. The van der Waals surface area contributed by atoms with Crippen LogP contribution in [0.4, 0.5) is 10.1 Å². The summed E-state index contributed by atoms with van der Waals surface area (Å²) in [6.07, 6.45) is 3.49. The molecule has 1 fully saturated rings. The average molecular weight is 565 g/mol. The van der Waals surface area contributed by atoms with E-state index in [1.54, 1.807) is 47.2 Å². The van der Waals surface area contributed by atoms with Gasteiger partial charge in [-0.25, -0.2) is 17.8 Å². The zero-order valence-electron chi connectivity index (χ0n) is 20.7. The fraction of sp³-hybridized carbons (Fsp3) is 0.385. The van der Waals surface area contributed by atoms with Crippen molar-refractivity contribution in [2.75, 3.05) is 18.5 Å². The fourth-order valence-corrected chi connectivity index (χ4v) is 6.43. The van der Waals surface area contributed by atoms with Crippen molar-refractivity contribution in [1.82, 2.24) is 14.5 Å². The van der Waals surface area contributed by atoms with Crippen LogP contribution < -0.4 is 5.32 Å². The quantitative estimate of drug-likeness (QED) is 0.339. The molecular formula is C26H30ClFN4O3S2. The number of hydrogen-bond acceptors (Lipinski definition) is 5. The van der Waals surface area contributed by atoms with E-state index in [1.165, 1.54) is 12.1 Å². The summed E-state index contributed by atoms with van der Waals surface area (Å²) in [7, 11) is -3.75. The first-order chi connectivity index (χ1) is 17.6. The number of ether oxygens (including phenoxy) is 1. The maximum Gasteiger partial charge on any atom is 0.228 e. The molecule has 2 heterocycles. The van der Waals surface area contributed by atoms with Gasteiger partial charge in [-0.2, -0.15) is 0 Å². The smallest absolute Gasteiger partial charge is 0.228 e. The number of imidazole rings is 1. The van der Waals surface area contributed by atoms with Gasteiger partial charge in [0.1, 0.15) is 5.82 Å². The highest BCUT2D eigenvalue weighted by Crippen LogP contribution is 2.25. The van der Waals surface area contributed by atoms with E-state index in [2.05, 4.69) is 10.3 Å². The summed E-state index contributed by atoms with van der Waals surface area (Å²) >= 11 is 11.8. The van der Waals surface area contributed by atoms with Crippen molar-refractivity contribution in [2.45, 2.75) is 56.3 Å². The number of anilines is 1. The zero-order chi connectivity index (χ0) is 26.6. The summed E-state index contributed by atoms with van der Waals surface area (Å²) in [5.74, 6) is -0.541. The summed E-state index contributed by atoms with van der Waals surface area (Å²) < 4.78 is 47.7. The van der Waals surface area contributed by atoms with Crippen molar-refractivity contribution in [1.29, 1.82) is 0 Å². The average Bonchev–Trinajstić information content (AvgIpc) is 3.50. The number of thiocarbonyl (C=S) groups is 1. The molecule has 0 amide bonds. The van der Waals surface area contributed by atoms with E-state index in [4.69, 9.17) is 28.6 Å². The molecule has 1 atom stereocenters. The van der Waals surface area contributed by atoms with Crippen LogP contribution in [0.1, 0.15) is 44.0 Å². The molecular weight excluding hydrogens is 535 g/mol. The van der Waals surface area contributed by atoms with Crippen molar-refractivity contribution < 1.29 is 17.5 Å². The molecule has 0 unspecified atom stereocenters. The Morgan fingerprint density at radius 2 is 2.05 bits per heavy atom. The first-order valence-electron chi connectivity index (χ1n) is 12.1. The zero-order valence-corrected chi connectivity index (χ0v) is 23.1. The molecule has 0 aliphatic carbocycles. The van der Waals surface area contributed by atoms with Gasteiger partial charge in [0.15, 0.2) is 5.11 Å². The number of halogens is 2. The van der Waals surface area contributed by atoms with Gasteiger partial charge < -0.3 is 19.5 Å². The third-order valence-electron chi connectivity index (χ3n) is 6.06. The second-order valence-corrected chi connectivity index (χ2v) is 12.0. The summed E-state index contributed by atoms with van der Waals surface area (Å²) in [5, 5.41) is 4.08. The summed E-state index contributed by atoms with van der Waals surface area (Å²) in [5.41, 5.74) is 1.96. The minimum atomic E-state index is -3.75. The van der Waals surface area contributed by atoms with Gasteiger partial charge in [0.05, 0.1) is 30.3 Å².